The largest absolute Gasteiger partial charge is 0.393 e. The summed E-state index contributed by atoms with van der Waals surface area (Å²) in [5.41, 5.74) is 6.02. The van der Waals surface area contributed by atoms with Gasteiger partial charge < -0.3 is 9.84 Å². The Morgan fingerprint density at radius 3 is 2.32 bits per heavy atom. The Labute approximate surface area is 206 Å². The molecule has 1 unspecified atom stereocenters. The van der Waals surface area contributed by atoms with Gasteiger partial charge in [-0.1, -0.05) is 47.9 Å². The Morgan fingerprint density at radius 2 is 1.68 bits per heavy atom. The van der Waals surface area contributed by atoms with Crippen LogP contribution in [0.15, 0.2) is 72.8 Å². The third-order valence-corrected chi connectivity index (χ3v) is 5.72. The number of aliphatic hydroxyl groups is 1. The molecular formula is C30H28ClNO2. The van der Waals surface area contributed by atoms with Gasteiger partial charge in [0.05, 0.1) is 17.7 Å². The summed E-state index contributed by atoms with van der Waals surface area (Å²) < 4.78 is 6.28. The predicted octanol–water partition coefficient (Wildman–Crippen LogP) is 7.11. The monoisotopic (exact) mass is 469 g/mol. The number of halogens is 1. The number of nitrogens with zero attached hydrogens (tertiary/aromatic N) is 1. The van der Waals surface area contributed by atoms with E-state index in [-0.39, 0.29) is 6.61 Å². The topological polar surface area (TPSA) is 42.4 Å². The quantitative estimate of drug-likeness (QED) is 0.324. The molecule has 34 heavy (non-hydrogen) atoms. The van der Waals surface area contributed by atoms with Crippen LogP contribution in [-0.2, 0) is 4.74 Å². The van der Waals surface area contributed by atoms with Crippen LogP contribution < -0.4 is 0 Å². The average molecular weight is 470 g/mol. The first kappa shape index (κ1) is 24.0. The lowest BCUT2D eigenvalue weighted by Crippen LogP contribution is -2.25. The summed E-state index contributed by atoms with van der Waals surface area (Å²) in [5, 5.41) is 11.9. The van der Waals surface area contributed by atoms with Gasteiger partial charge in [-0.3, -0.25) is 0 Å². The minimum atomic E-state index is -0.479. The van der Waals surface area contributed by atoms with E-state index < -0.39 is 11.7 Å². The van der Waals surface area contributed by atoms with Crippen LogP contribution in [0.2, 0.25) is 5.02 Å². The van der Waals surface area contributed by atoms with Crippen molar-refractivity contribution in [1.82, 2.24) is 4.98 Å². The van der Waals surface area contributed by atoms with Crippen LogP contribution in [0.25, 0.3) is 22.0 Å². The highest BCUT2D eigenvalue weighted by Crippen LogP contribution is 2.40. The Hall–Kier alpha value is -3.16. The zero-order valence-corrected chi connectivity index (χ0v) is 20.6. The average Bonchev–Trinajstić information content (AvgIpc) is 2.81. The van der Waals surface area contributed by atoms with Gasteiger partial charge in [-0.2, -0.15) is 0 Å². The van der Waals surface area contributed by atoms with E-state index in [0.29, 0.717) is 10.7 Å². The first-order chi connectivity index (χ1) is 16.2. The van der Waals surface area contributed by atoms with Crippen LogP contribution in [0.5, 0.6) is 0 Å². The lowest BCUT2D eigenvalue weighted by Gasteiger charge is -2.30. The van der Waals surface area contributed by atoms with E-state index >= 15 is 0 Å². The van der Waals surface area contributed by atoms with Crippen LogP contribution >= 0.6 is 11.6 Å². The fraction of sp³-hybridized carbons (Fsp3) is 0.233. The smallest absolute Gasteiger partial charge is 0.114 e. The minimum Gasteiger partial charge on any atom is -0.393 e. The third kappa shape index (κ3) is 5.48. The second-order valence-electron chi connectivity index (χ2n) is 9.27. The molecule has 4 aromatic rings. The molecule has 0 aliphatic heterocycles. The van der Waals surface area contributed by atoms with Crippen molar-refractivity contribution in [2.45, 2.75) is 39.4 Å². The second-order valence-corrected chi connectivity index (χ2v) is 9.71. The number of aryl methyl sites for hydroxylation is 1. The summed E-state index contributed by atoms with van der Waals surface area (Å²) >= 11 is 6.18. The fourth-order valence-electron chi connectivity index (χ4n) is 4.11. The zero-order chi connectivity index (χ0) is 24.3. The van der Waals surface area contributed by atoms with Gasteiger partial charge in [0.15, 0.2) is 0 Å². The summed E-state index contributed by atoms with van der Waals surface area (Å²) in [6.45, 7) is 7.89. The van der Waals surface area contributed by atoms with Gasteiger partial charge in [-0.15, -0.1) is 0 Å². The molecule has 0 fully saturated rings. The number of hydrogen-bond acceptors (Lipinski definition) is 3. The fourth-order valence-corrected chi connectivity index (χ4v) is 4.23. The molecule has 1 heterocycles. The highest BCUT2D eigenvalue weighted by atomic mass is 35.5. The molecule has 4 rings (SSSR count). The Kier molecular flexibility index (Phi) is 7.05. The SMILES string of the molecule is Cc1cc2nc(C#Cc3ccccc3)ccc2c(-c2ccc(Cl)cc2)c1C(CO)OC(C)(C)C. The van der Waals surface area contributed by atoms with Gasteiger partial charge in [-0.05, 0) is 98.3 Å². The molecule has 0 saturated carbocycles. The van der Waals surface area contributed by atoms with Crippen molar-refractivity contribution < 1.29 is 9.84 Å². The van der Waals surface area contributed by atoms with Gasteiger partial charge >= 0.3 is 0 Å². The number of aromatic nitrogens is 1. The summed E-state index contributed by atoms with van der Waals surface area (Å²) in [6.07, 6.45) is -0.479. The van der Waals surface area contributed by atoms with Crippen molar-refractivity contribution in [2.24, 2.45) is 0 Å². The van der Waals surface area contributed by atoms with Crippen LogP contribution in [0.1, 0.15) is 49.3 Å². The summed E-state index contributed by atoms with van der Waals surface area (Å²) in [5.74, 6) is 6.35. The Morgan fingerprint density at radius 1 is 0.971 bits per heavy atom. The molecule has 1 atom stereocenters. The number of fused-ring (bicyclic) bond motifs is 1. The van der Waals surface area contributed by atoms with Crippen molar-refractivity contribution in [2.75, 3.05) is 6.61 Å². The molecule has 0 bridgehead atoms. The lowest BCUT2D eigenvalue weighted by molar-refractivity contribution is -0.0821. The normalized spacial score (nSPS) is 12.3. The van der Waals surface area contributed by atoms with Crippen LogP contribution in [0.4, 0.5) is 0 Å². The van der Waals surface area contributed by atoms with Crippen LogP contribution in [0, 0.1) is 18.8 Å². The van der Waals surface area contributed by atoms with Gasteiger partial charge in [-0.25, -0.2) is 4.98 Å². The molecule has 4 heteroatoms. The standard InChI is InChI=1S/C30H28ClNO2/c1-20-18-26-25(17-16-24(32-26)15-10-21-8-6-5-7-9-21)29(22-11-13-23(31)14-12-22)28(20)27(19-33)34-30(2,3)4/h5-9,11-14,16-18,27,33H,19H2,1-4H3. The van der Waals surface area contributed by atoms with Gasteiger partial charge in [0.1, 0.15) is 11.8 Å². The predicted molar refractivity (Wildman–Crippen MR) is 140 cm³/mol. The maximum absolute atomic E-state index is 10.3. The molecule has 0 spiro atoms. The minimum absolute atomic E-state index is 0.127. The summed E-state index contributed by atoms with van der Waals surface area (Å²) in [4.78, 5) is 4.85. The molecule has 3 aromatic carbocycles. The molecule has 0 saturated heterocycles. The number of benzene rings is 3. The number of pyridine rings is 1. The van der Waals surface area contributed by atoms with Crippen molar-refractivity contribution in [1.29, 1.82) is 0 Å². The molecule has 1 N–H and O–H groups in total. The molecule has 0 radical (unpaired) electrons. The van der Waals surface area contributed by atoms with Crippen molar-refractivity contribution in [3.63, 3.8) is 0 Å². The molecule has 0 amide bonds. The second kappa shape index (κ2) is 9.99. The van der Waals surface area contributed by atoms with E-state index in [1.54, 1.807) is 0 Å². The van der Waals surface area contributed by atoms with Crippen LogP contribution in [-0.4, -0.2) is 22.3 Å². The van der Waals surface area contributed by atoms with E-state index in [1.807, 2.05) is 94.4 Å². The molecule has 172 valence electrons. The summed E-state index contributed by atoms with van der Waals surface area (Å²) in [6, 6.07) is 23.7. The van der Waals surface area contributed by atoms with Crippen molar-refractivity contribution in [3.05, 3.63) is 100 Å². The first-order valence-corrected chi connectivity index (χ1v) is 11.7. The highest BCUT2D eigenvalue weighted by molar-refractivity contribution is 6.30. The Bertz CT molecular complexity index is 1360. The summed E-state index contributed by atoms with van der Waals surface area (Å²) in [7, 11) is 0. The van der Waals surface area contributed by atoms with E-state index in [1.165, 1.54) is 0 Å². The van der Waals surface area contributed by atoms with Crippen LogP contribution in [0.3, 0.4) is 0 Å². The maximum Gasteiger partial charge on any atom is 0.114 e. The van der Waals surface area contributed by atoms with Gasteiger partial charge in [0.25, 0.3) is 0 Å². The number of rotatable bonds is 4. The maximum atomic E-state index is 10.3. The van der Waals surface area contributed by atoms with E-state index in [9.17, 15) is 5.11 Å². The van der Waals surface area contributed by atoms with Gasteiger partial charge in [0.2, 0.25) is 0 Å². The molecule has 0 aliphatic carbocycles. The molecule has 1 aromatic heterocycles. The number of aliphatic hydroxyl groups excluding tert-OH is 1. The third-order valence-electron chi connectivity index (χ3n) is 5.47. The zero-order valence-electron chi connectivity index (χ0n) is 19.9. The highest BCUT2D eigenvalue weighted by Gasteiger charge is 2.26. The first-order valence-electron chi connectivity index (χ1n) is 11.3. The van der Waals surface area contributed by atoms with E-state index in [0.717, 1.165) is 38.7 Å². The molecular weight excluding hydrogens is 442 g/mol. The van der Waals surface area contributed by atoms with E-state index in [2.05, 4.69) is 17.9 Å². The molecule has 3 nitrogen and oxygen atoms in total. The molecule has 0 aliphatic rings. The van der Waals surface area contributed by atoms with E-state index in [4.69, 9.17) is 21.3 Å². The Balaban J connectivity index is 1.91. The van der Waals surface area contributed by atoms with Gasteiger partial charge in [0, 0.05) is 16.0 Å². The number of hydrogen-bond donors (Lipinski definition) is 1. The number of ether oxygens (including phenoxy) is 1. The van der Waals surface area contributed by atoms with Crippen molar-refractivity contribution >= 4 is 22.5 Å². The lowest BCUT2D eigenvalue weighted by atomic mass is 9.88. The van der Waals surface area contributed by atoms with Crippen molar-refractivity contribution in [3.8, 4) is 23.0 Å².